The number of nitrogens with one attached hydrogen (secondary N) is 2. The predicted octanol–water partition coefficient (Wildman–Crippen LogP) is 4.24. The van der Waals surface area contributed by atoms with Crippen LogP contribution in [0.5, 0.6) is 11.5 Å². The molecule has 2 rings (SSSR count). The van der Waals surface area contributed by atoms with Crippen LogP contribution in [-0.4, -0.2) is 20.3 Å². The zero-order valence-electron chi connectivity index (χ0n) is 13.2. The molecule has 0 aromatic heterocycles. The number of hydrogen-bond donors (Lipinski definition) is 2. The van der Waals surface area contributed by atoms with Gasteiger partial charge in [0.25, 0.3) is 0 Å². The molecule has 0 fully saturated rings. The predicted molar refractivity (Wildman–Crippen MR) is 91.6 cm³/mol. The van der Waals surface area contributed by atoms with Crippen LogP contribution in [0.4, 0.5) is 10.5 Å². The molecule has 6 heteroatoms. The normalized spacial score (nSPS) is 11.5. The molecule has 0 saturated carbocycles. The van der Waals surface area contributed by atoms with Crippen LogP contribution in [0.1, 0.15) is 18.5 Å². The van der Waals surface area contributed by atoms with Gasteiger partial charge in [-0.1, -0.05) is 23.7 Å². The van der Waals surface area contributed by atoms with Gasteiger partial charge < -0.3 is 20.1 Å². The van der Waals surface area contributed by atoms with Crippen LogP contribution < -0.4 is 20.1 Å². The summed E-state index contributed by atoms with van der Waals surface area (Å²) >= 11 is 5.86. The quantitative estimate of drug-likeness (QED) is 0.859. The molecule has 0 aliphatic rings. The molecule has 0 bridgehead atoms. The fourth-order valence-corrected chi connectivity index (χ4v) is 2.20. The lowest BCUT2D eigenvalue weighted by Crippen LogP contribution is -2.31. The number of methoxy groups -OCH3 is 2. The number of halogens is 1. The van der Waals surface area contributed by atoms with Gasteiger partial charge in [0.05, 0.1) is 20.3 Å². The van der Waals surface area contributed by atoms with Crippen molar-refractivity contribution in [1.82, 2.24) is 5.32 Å². The SMILES string of the molecule is COc1cc(NC(=O)NC(C)c2ccc(Cl)cc2)cc(OC)c1. The number of carbonyl (C=O) groups is 1. The van der Waals surface area contributed by atoms with Gasteiger partial charge >= 0.3 is 6.03 Å². The first kappa shape index (κ1) is 17.0. The summed E-state index contributed by atoms with van der Waals surface area (Å²) in [7, 11) is 3.11. The number of ether oxygens (including phenoxy) is 2. The molecule has 2 amide bonds. The summed E-state index contributed by atoms with van der Waals surface area (Å²) < 4.78 is 10.4. The number of rotatable bonds is 5. The van der Waals surface area contributed by atoms with Crippen LogP contribution in [0, 0.1) is 0 Å². The average Bonchev–Trinajstić information content (AvgIpc) is 2.54. The third kappa shape index (κ3) is 4.79. The summed E-state index contributed by atoms with van der Waals surface area (Å²) in [4.78, 5) is 12.1. The monoisotopic (exact) mass is 334 g/mol. The molecular formula is C17H19ClN2O3. The molecule has 0 heterocycles. The Morgan fingerprint density at radius 2 is 1.61 bits per heavy atom. The number of anilines is 1. The minimum absolute atomic E-state index is 0.153. The molecule has 0 radical (unpaired) electrons. The van der Waals surface area contributed by atoms with Crippen molar-refractivity contribution in [2.24, 2.45) is 0 Å². The largest absolute Gasteiger partial charge is 0.497 e. The molecule has 1 atom stereocenters. The maximum atomic E-state index is 12.1. The standard InChI is InChI=1S/C17H19ClN2O3/c1-11(12-4-6-13(18)7-5-12)19-17(21)20-14-8-15(22-2)10-16(9-14)23-3/h4-11H,1-3H3,(H2,19,20,21). The summed E-state index contributed by atoms with van der Waals surface area (Å²) in [5.41, 5.74) is 1.55. The van der Waals surface area contributed by atoms with Crippen LogP contribution in [-0.2, 0) is 0 Å². The number of benzene rings is 2. The van der Waals surface area contributed by atoms with E-state index in [1.165, 1.54) is 0 Å². The van der Waals surface area contributed by atoms with Crippen molar-refractivity contribution in [3.8, 4) is 11.5 Å². The van der Waals surface area contributed by atoms with Gasteiger partial charge in [0, 0.05) is 28.9 Å². The molecule has 2 aromatic rings. The van der Waals surface area contributed by atoms with Gasteiger partial charge in [-0.05, 0) is 24.6 Å². The fourth-order valence-electron chi connectivity index (χ4n) is 2.08. The van der Waals surface area contributed by atoms with E-state index in [1.54, 1.807) is 44.6 Å². The zero-order chi connectivity index (χ0) is 16.8. The molecule has 2 aromatic carbocycles. The Labute approximate surface area is 140 Å². The molecule has 1 unspecified atom stereocenters. The smallest absolute Gasteiger partial charge is 0.319 e. The van der Waals surface area contributed by atoms with Crippen LogP contribution in [0.3, 0.4) is 0 Å². The lowest BCUT2D eigenvalue weighted by molar-refractivity contribution is 0.249. The van der Waals surface area contributed by atoms with Crippen molar-refractivity contribution >= 4 is 23.3 Å². The third-order valence-corrected chi connectivity index (χ3v) is 3.58. The van der Waals surface area contributed by atoms with Crippen LogP contribution >= 0.6 is 11.6 Å². The molecule has 0 aliphatic carbocycles. The van der Waals surface area contributed by atoms with Crippen molar-refractivity contribution in [2.75, 3.05) is 19.5 Å². The first-order valence-corrected chi connectivity index (χ1v) is 7.45. The summed E-state index contributed by atoms with van der Waals surface area (Å²) in [6.07, 6.45) is 0. The highest BCUT2D eigenvalue weighted by Gasteiger charge is 2.11. The summed E-state index contributed by atoms with van der Waals surface area (Å²) in [6, 6.07) is 12.0. The summed E-state index contributed by atoms with van der Waals surface area (Å²) in [6.45, 7) is 1.90. The molecule has 0 saturated heterocycles. The van der Waals surface area contributed by atoms with E-state index in [-0.39, 0.29) is 12.1 Å². The van der Waals surface area contributed by atoms with Crippen LogP contribution in [0.15, 0.2) is 42.5 Å². The van der Waals surface area contributed by atoms with Gasteiger partial charge in [-0.3, -0.25) is 0 Å². The second kappa shape index (κ2) is 7.74. The van der Waals surface area contributed by atoms with Crippen LogP contribution in [0.2, 0.25) is 5.02 Å². The van der Waals surface area contributed by atoms with Gasteiger partial charge in [0.1, 0.15) is 11.5 Å². The second-order valence-corrected chi connectivity index (χ2v) is 5.41. The van der Waals surface area contributed by atoms with E-state index in [4.69, 9.17) is 21.1 Å². The van der Waals surface area contributed by atoms with Gasteiger partial charge in [0.2, 0.25) is 0 Å². The van der Waals surface area contributed by atoms with Crippen molar-refractivity contribution in [3.05, 3.63) is 53.1 Å². The highest BCUT2D eigenvalue weighted by molar-refractivity contribution is 6.30. The van der Waals surface area contributed by atoms with Gasteiger partial charge in [-0.2, -0.15) is 0 Å². The Kier molecular flexibility index (Phi) is 5.71. The van der Waals surface area contributed by atoms with Crippen molar-refractivity contribution in [3.63, 3.8) is 0 Å². The number of hydrogen-bond acceptors (Lipinski definition) is 3. The summed E-state index contributed by atoms with van der Waals surface area (Å²) in [5.74, 6) is 1.20. The maximum Gasteiger partial charge on any atom is 0.319 e. The van der Waals surface area contributed by atoms with E-state index >= 15 is 0 Å². The van der Waals surface area contributed by atoms with E-state index in [1.807, 2.05) is 19.1 Å². The Hall–Kier alpha value is -2.40. The zero-order valence-corrected chi connectivity index (χ0v) is 14.0. The molecule has 23 heavy (non-hydrogen) atoms. The Bertz CT molecular complexity index is 652. The number of carbonyl (C=O) groups excluding carboxylic acids is 1. The minimum Gasteiger partial charge on any atom is -0.497 e. The third-order valence-electron chi connectivity index (χ3n) is 3.33. The van der Waals surface area contributed by atoms with E-state index in [2.05, 4.69) is 10.6 Å². The van der Waals surface area contributed by atoms with E-state index in [0.29, 0.717) is 22.2 Å². The first-order valence-electron chi connectivity index (χ1n) is 7.08. The number of amides is 2. The summed E-state index contributed by atoms with van der Waals surface area (Å²) in [5, 5.41) is 6.29. The Morgan fingerprint density at radius 1 is 1.04 bits per heavy atom. The van der Waals surface area contributed by atoms with Gasteiger partial charge in [-0.25, -0.2) is 4.79 Å². The lowest BCUT2D eigenvalue weighted by atomic mass is 10.1. The van der Waals surface area contributed by atoms with Crippen molar-refractivity contribution in [1.29, 1.82) is 0 Å². The van der Waals surface area contributed by atoms with Crippen molar-refractivity contribution in [2.45, 2.75) is 13.0 Å². The molecule has 2 N–H and O–H groups in total. The van der Waals surface area contributed by atoms with Gasteiger partial charge in [-0.15, -0.1) is 0 Å². The average molecular weight is 335 g/mol. The molecule has 5 nitrogen and oxygen atoms in total. The second-order valence-electron chi connectivity index (χ2n) is 4.97. The minimum atomic E-state index is -0.317. The molecule has 122 valence electrons. The highest BCUT2D eigenvalue weighted by atomic mass is 35.5. The van der Waals surface area contributed by atoms with E-state index in [0.717, 1.165) is 5.56 Å². The topological polar surface area (TPSA) is 59.6 Å². The fraction of sp³-hybridized carbons (Fsp3) is 0.235. The Balaban J connectivity index is 2.03. The van der Waals surface area contributed by atoms with E-state index in [9.17, 15) is 4.79 Å². The molecule has 0 spiro atoms. The van der Waals surface area contributed by atoms with Crippen molar-refractivity contribution < 1.29 is 14.3 Å². The van der Waals surface area contributed by atoms with E-state index < -0.39 is 0 Å². The first-order chi connectivity index (χ1) is 11.0. The number of urea groups is 1. The lowest BCUT2D eigenvalue weighted by Gasteiger charge is -2.16. The Morgan fingerprint density at radius 3 is 2.13 bits per heavy atom. The molecule has 0 aliphatic heterocycles. The van der Waals surface area contributed by atoms with Gasteiger partial charge in [0.15, 0.2) is 0 Å². The molecular weight excluding hydrogens is 316 g/mol. The van der Waals surface area contributed by atoms with Crippen LogP contribution in [0.25, 0.3) is 0 Å². The maximum absolute atomic E-state index is 12.1. The highest BCUT2D eigenvalue weighted by Crippen LogP contribution is 2.25.